The van der Waals surface area contributed by atoms with Crippen molar-refractivity contribution >= 4 is 23.3 Å². The minimum atomic E-state index is -0.367. The summed E-state index contributed by atoms with van der Waals surface area (Å²) in [6.07, 6.45) is 3.59. The van der Waals surface area contributed by atoms with E-state index >= 15 is 0 Å². The average Bonchev–Trinajstić information content (AvgIpc) is 3.51. The summed E-state index contributed by atoms with van der Waals surface area (Å²) in [4.78, 5) is 28.4. The van der Waals surface area contributed by atoms with Crippen molar-refractivity contribution in [3.05, 3.63) is 90.6 Å². The van der Waals surface area contributed by atoms with Crippen LogP contribution in [0.2, 0.25) is 0 Å². The lowest BCUT2D eigenvalue weighted by atomic mass is 10.2. The maximum absolute atomic E-state index is 13.0. The molecule has 0 atom stereocenters. The summed E-state index contributed by atoms with van der Waals surface area (Å²) >= 11 is 0. The molecule has 3 amide bonds. The Bertz CT molecular complexity index is 1200. The highest BCUT2D eigenvalue weighted by atomic mass is 19.1. The molecule has 2 heterocycles. The number of oxazole rings is 1. The number of aromatic nitrogens is 1. The zero-order valence-electron chi connectivity index (χ0n) is 17.5. The van der Waals surface area contributed by atoms with Crippen molar-refractivity contribution in [3.8, 4) is 11.3 Å². The number of amides is 3. The molecule has 168 valence electrons. The Morgan fingerprint density at radius 1 is 0.939 bits per heavy atom. The number of halogens is 1. The van der Waals surface area contributed by atoms with Crippen molar-refractivity contribution < 1.29 is 22.8 Å². The second kappa shape index (κ2) is 10.3. The highest BCUT2D eigenvalue weighted by Crippen LogP contribution is 2.21. The monoisotopic (exact) mass is 448 g/mol. The summed E-state index contributed by atoms with van der Waals surface area (Å²) in [5, 5.41) is 8.18. The smallest absolute Gasteiger partial charge is 0.319 e. The van der Waals surface area contributed by atoms with E-state index in [0.717, 1.165) is 0 Å². The molecule has 0 saturated carbocycles. The van der Waals surface area contributed by atoms with Crippen LogP contribution in [-0.2, 0) is 17.8 Å². The van der Waals surface area contributed by atoms with Gasteiger partial charge in [-0.2, -0.15) is 0 Å². The largest absolute Gasteiger partial charge is 0.467 e. The van der Waals surface area contributed by atoms with Crippen LogP contribution in [0.15, 0.2) is 82.0 Å². The van der Waals surface area contributed by atoms with Gasteiger partial charge in [0.05, 0.1) is 19.0 Å². The van der Waals surface area contributed by atoms with E-state index in [-0.39, 0.29) is 30.7 Å². The molecule has 4 rings (SSSR count). The van der Waals surface area contributed by atoms with Gasteiger partial charge in [0.25, 0.3) is 0 Å². The SMILES string of the molecule is O=C(CCc1ncc(-c2ccc(F)cc2)o1)Nc1ccc(NC(=O)NCc2ccco2)cc1. The fourth-order valence-corrected chi connectivity index (χ4v) is 3.01. The Hall–Kier alpha value is -4.40. The molecule has 0 radical (unpaired) electrons. The zero-order valence-corrected chi connectivity index (χ0v) is 17.5. The first-order valence-electron chi connectivity index (χ1n) is 10.2. The maximum atomic E-state index is 13.0. The fraction of sp³-hybridized carbons (Fsp3) is 0.125. The predicted molar refractivity (Wildman–Crippen MR) is 120 cm³/mol. The second-order valence-corrected chi connectivity index (χ2v) is 7.14. The van der Waals surface area contributed by atoms with Crippen LogP contribution in [0.3, 0.4) is 0 Å². The number of anilines is 2. The van der Waals surface area contributed by atoms with Gasteiger partial charge in [-0.15, -0.1) is 0 Å². The van der Waals surface area contributed by atoms with Crippen molar-refractivity contribution in [2.45, 2.75) is 19.4 Å². The highest BCUT2D eigenvalue weighted by Gasteiger charge is 2.10. The van der Waals surface area contributed by atoms with Gasteiger partial charge in [-0.05, 0) is 60.7 Å². The first kappa shape index (κ1) is 21.8. The van der Waals surface area contributed by atoms with Crippen LogP contribution < -0.4 is 16.0 Å². The van der Waals surface area contributed by atoms with Gasteiger partial charge in [0.15, 0.2) is 11.7 Å². The van der Waals surface area contributed by atoms with E-state index in [9.17, 15) is 14.0 Å². The van der Waals surface area contributed by atoms with Crippen LogP contribution in [0.4, 0.5) is 20.6 Å². The standard InChI is InChI=1S/C24H21FN4O4/c25-17-5-3-16(4-6-17)21-15-26-23(33-21)12-11-22(30)28-18-7-9-19(10-8-18)29-24(31)27-14-20-2-1-13-32-20/h1-10,13,15H,11-12,14H2,(H,28,30)(H2,27,29,31). The second-order valence-electron chi connectivity index (χ2n) is 7.14. The van der Waals surface area contributed by atoms with Crippen molar-refractivity contribution in [2.75, 3.05) is 10.6 Å². The summed E-state index contributed by atoms with van der Waals surface area (Å²) in [5.41, 5.74) is 1.89. The molecule has 4 aromatic rings. The molecule has 0 aliphatic heterocycles. The lowest BCUT2D eigenvalue weighted by Crippen LogP contribution is -2.27. The van der Waals surface area contributed by atoms with Gasteiger partial charge < -0.3 is 24.8 Å². The Morgan fingerprint density at radius 3 is 2.36 bits per heavy atom. The van der Waals surface area contributed by atoms with Gasteiger partial charge >= 0.3 is 6.03 Å². The molecule has 3 N–H and O–H groups in total. The number of benzene rings is 2. The van der Waals surface area contributed by atoms with Crippen molar-refractivity contribution in [1.82, 2.24) is 10.3 Å². The molecule has 0 bridgehead atoms. The topological polar surface area (TPSA) is 109 Å². The van der Waals surface area contributed by atoms with E-state index in [0.29, 0.717) is 40.8 Å². The quantitative estimate of drug-likeness (QED) is 0.353. The molecule has 2 aromatic heterocycles. The molecular formula is C24H21FN4O4. The Morgan fingerprint density at radius 2 is 1.67 bits per heavy atom. The molecule has 0 spiro atoms. The molecular weight excluding hydrogens is 427 g/mol. The lowest BCUT2D eigenvalue weighted by Gasteiger charge is -2.08. The first-order valence-corrected chi connectivity index (χ1v) is 10.2. The van der Waals surface area contributed by atoms with Crippen LogP contribution in [0.5, 0.6) is 0 Å². The fourth-order valence-electron chi connectivity index (χ4n) is 3.01. The first-order chi connectivity index (χ1) is 16.0. The van der Waals surface area contributed by atoms with E-state index in [1.807, 2.05) is 0 Å². The minimum absolute atomic E-state index is 0.179. The van der Waals surface area contributed by atoms with Gasteiger partial charge in [-0.25, -0.2) is 14.2 Å². The Balaban J connectivity index is 1.22. The average molecular weight is 448 g/mol. The van der Waals surface area contributed by atoms with Crippen LogP contribution >= 0.6 is 0 Å². The number of hydrogen-bond donors (Lipinski definition) is 3. The van der Waals surface area contributed by atoms with Crippen molar-refractivity contribution in [3.63, 3.8) is 0 Å². The highest BCUT2D eigenvalue weighted by molar-refractivity contribution is 5.92. The van der Waals surface area contributed by atoms with Gasteiger partial charge in [0, 0.05) is 29.8 Å². The number of rotatable bonds is 8. The molecule has 33 heavy (non-hydrogen) atoms. The van der Waals surface area contributed by atoms with Crippen molar-refractivity contribution in [2.24, 2.45) is 0 Å². The normalized spacial score (nSPS) is 10.6. The van der Waals surface area contributed by atoms with Gasteiger partial charge in [0.1, 0.15) is 11.6 Å². The summed E-state index contributed by atoms with van der Waals surface area (Å²) in [5.74, 6) is 1.06. The third-order valence-electron chi connectivity index (χ3n) is 4.68. The third-order valence-corrected chi connectivity index (χ3v) is 4.68. The summed E-state index contributed by atoms with van der Waals surface area (Å²) in [7, 11) is 0. The number of furan rings is 1. The van der Waals surface area contributed by atoms with E-state index in [4.69, 9.17) is 8.83 Å². The summed E-state index contributed by atoms with van der Waals surface area (Å²) in [6.45, 7) is 0.281. The predicted octanol–water partition coefficient (Wildman–Crippen LogP) is 4.97. The van der Waals surface area contributed by atoms with E-state index in [1.54, 1.807) is 54.7 Å². The number of aryl methyl sites for hydroxylation is 1. The number of carbonyl (C=O) groups is 2. The van der Waals surface area contributed by atoms with Crippen LogP contribution in [-0.4, -0.2) is 16.9 Å². The maximum Gasteiger partial charge on any atom is 0.319 e. The van der Waals surface area contributed by atoms with E-state index < -0.39 is 0 Å². The molecule has 9 heteroatoms. The lowest BCUT2D eigenvalue weighted by molar-refractivity contribution is -0.116. The van der Waals surface area contributed by atoms with Crippen molar-refractivity contribution in [1.29, 1.82) is 0 Å². The molecule has 0 unspecified atom stereocenters. The Kier molecular flexibility index (Phi) is 6.79. The number of nitrogens with one attached hydrogen (secondary N) is 3. The molecule has 0 aliphatic rings. The molecule has 0 fully saturated rings. The van der Waals surface area contributed by atoms with E-state index in [1.165, 1.54) is 18.4 Å². The number of urea groups is 1. The van der Waals surface area contributed by atoms with E-state index in [2.05, 4.69) is 20.9 Å². The summed E-state index contributed by atoms with van der Waals surface area (Å²) in [6, 6.07) is 15.8. The molecule has 2 aromatic carbocycles. The Labute approximate surface area is 188 Å². The van der Waals surface area contributed by atoms with Gasteiger partial charge in [0.2, 0.25) is 5.91 Å². The van der Waals surface area contributed by atoms with Gasteiger partial charge in [-0.3, -0.25) is 4.79 Å². The summed E-state index contributed by atoms with van der Waals surface area (Å²) < 4.78 is 23.8. The molecule has 0 saturated heterocycles. The molecule has 8 nitrogen and oxygen atoms in total. The minimum Gasteiger partial charge on any atom is -0.467 e. The van der Waals surface area contributed by atoms with Crippen LogP contribution in [0, 0.1) is 5.82 Å². The zero-order chi connectivity index (χ0) is 23.0. The van der Waals surface area contributed by atoms with Crippen LogP contribution in [0.1, 0.15) is 18.1 Å². The molecule has 0 aliphatic carbocycles. The number of hydrogen-bond acceptors (Lipinski definition) is 5. The number of nitrogens with zero attached hydrogens (tertiary/aromatic N) is 1. The van der Waals surface area contributed by atoms with Crippen LogP contribution in [0.25, 0.3) is 11.3 Å². The number of carbonyl (C=O) groups excluding carboxylic acids is 2. The van der Waals surface area contributed by atoms with Gasteiger partial charge in [-0.1, -0.05) is 0 Å². The third kappa shape index (κ3) is 6.30.